The monoisotopic (exact) mass is 439 g/mol. The number of hydrogen-bond donors (Lipinski definition) is 1. The number of ether oxygens (including phenoxy) is 1. The van der Waals surface area contributed by atoms with Crippen LogP contribution in [0.2, 0.25) is 0 Å². The second-order valence-corrected chi connectivity index (χ2v) is 7.57. The molecule has 0 saturated heterocycles. The lowest BCUT2D eigenvalue weighted by atomic mass is 9.94. The minimum Gasteiger partial charge on any atom is -0.445 e. The van der Waals surface area contributed by atoms with Gasteiger partial charge in [0.2, 0.25) is 5.82 Å². The minimum absolute atomic E-state index is 0.223. The van der Waals surface area contributed by atoms with Gasteiger partial charge in [0, 0.05) is 24.5 Å². The Hall–Kier alpha value is -4.40. The Balaban J connectivity index is 1.42. The summed E-state index contributed by atoms with van der Waals surface area (Å²) in [6.07, 6.45) is 7.42. The average molecular weight is 439 g/mol. The maximum Gasteiger partial charge on any atom is 0.410 e. The van der Waals surface area contributed by atoms with Crippen molar-refractivity contribution in [3.05, 3.63) is 96.1 Å². The molecule has 3 heterocycles. The lowest BCUT2D eigenvalue weighted by molar-refractivity contribution is 0.0865. The van der Waals surface area contributed by atoms with Crippen molar-refractivity contribution in [3.63, 3.8) is 0 Å². The topological polar surface area (TPSA) is 110 Å². The first-order chi connectivity index (χ1) is 16.3. The van der Waals surface area contributed by atoms with Crippen molar-refractivity contribution in [2.24, 2.45) is 0 Å². The Morgan fingerprint density at radius 3 is 2.67 bits per heavy atom. The van der Waals surface area contributed by atoms with Crippen LogP contribution in [0.5, 0.6) is 0 Å². The number of aromatic amines is 1. The number of nitrogens with zero attached hydrogens (tertiary/aromatic N) is 6. The van der Waals surface area contributed by atoms with Gasteiger partial charge in [0.1, 0.15) is 6.61 Å². The first-order valence-electron chi connectivity index (χ1n) is 10.6. The normalized spacial score (nSPS) is 15.7. The van der Waals surface area contributed by atoms with Crippen LogP contribution in [0.1, 0.15) is 29.3 Å². The van der Waals surface area contributed by atoms with E-state index in [1.54, 1.807) is 23.5 Å². The summed E-state index contributed by atoms with van der Waals surface area (Å²) in [5, 5.41) is 14.1. The maximum absolute atomic E-state index is 13.1. The number of tetrazole rings is 1. The molecule has 1 amide bonds. The summed E-state index contributed by atoms with van der Waals surface area (Å²) in [6.45, 7) is 0.730. The highest BCUT2D eigenvalue weighted by Crippen LogP contribution is 2.34. The quantitative estimate of drug-likeness (QED) is 0.503. The molecule has 0 bridgehead atoms. The number of benzene rings is 2. The molecule has 4 aromatic rings. The fraction of sp³-hybridized carbons (Fsp3) is 0.167. The van der Waals surface area contributed by atoms with Gasteiger partial charge in [-0.25, -0.2) is 4.79 Å². The van der Waals surface area contributed by atoms with Gasteiger partial charge >= 0.3 is 6.09 Å². The zero-order valence-electron chi connectivity index (χ0n) is 17.7. The van der Waals surface area contributed by atoms with Gasteiger partial charge in [-0.05, 0) is 28.3 Å². The molecule has 1 aliphatic rings. The van der Waals surface area contributed by atoms with Crippen molar-refractivity contribution in [1.29, 1.82) is 0 Å². The van der Waals surface area contributed by atoms with Crippen LogP contribution >= 0.6 is 0 Å². The zero-order chi connectivity index (χ0) is 22.5. The first kappa shape index (κ1) is 20.5. The van der Waals surface area contributed by atoms with Crippen molar-refractivity contribution in [1.82, 2.24) is 35.5 Å². The van der Waals surface area contributed by atoms with E-state index in [0.717, 1.165) is 28.0 Å². The van der Waals surface area contributed by atoms with E-state index in [2.05, 4.69) is 36.7 Å². The van der Waals surface area contributed by atoms with E-state index in [4.69, 9.17) is 4.74 Å². The van der Waals surface area contributed by atoms with Gasteiger partial charge < -0.3 is 4.74 Å². The van der Waals surface area contributed by atoms with Crippen molar-refractivity contribution in [2.75, 3.05) is 6.54 Å². The second kappa shape index (κ2) is 9.39. The molecule has 164 valence electrons. The molecule has 0 unspecified atom stereocenters. The molecule has 2 aromatic carbocycles. The third kappa shape index (κ3) is 4.62. The second-order valence-electron chi connectivity index (χ2n) is 7.57. The fourth-order valence-corrected chi connectivity index (χ4v) is 3.82. The van der Waals surface area contributed by atoms with Gasteiger partial charge in [-0.3, -0.25) is 14.9 Å². The van der Waals surface area contributed by atoms with E-state index in [9.17, 15) is 4.79 Å². The summed E-state index contributed by atoms with van der Waals surface area (Å²) in [5.41, 5.74) is 4.57. The van der Waals surface area contributed by atoms with E-state index in [-0.39, 0.29) is 18.7 Å². The summed E-state index contributed by atoms with van der Waals surface area (Å²) < 4.78 is 5.64. The van der Waals surface area contributed by atoms with Crippen LogP contribution in [0, 0.1) is 0 Å². The Bertz CT molecular complexity index is 1230. The van der Waals surface area contributed by atoms with Gasteiger partial charge in [-0.15, -0.1) is 10.2 Å². The van der Waals surface area contributed by atoms with E-state index in [0.29, 0.717) is 18.8 Å². The number of hydrogen-bond acceptors (Lipinski definition) is 7. The number of rotatable bonds is 5. The smallest absolute Gasteiger partial charge is 0.410 e. The molecule has 0 radical (unpaired) electrons. The van der Waals surface area contributed by atoms with Crippen LogP contribution in [0.15, 0.2) is 79.3 Å². The third-order valence-electron chi connectivity index (χ3n) is 5.50. The molecule has 5 rings (SSSR count). The Morgan fingerprint density at radius 1 is 1.09 bits per heavy atom. The number of carbonyl (C=O) groups excluding carboxylic acids is 1. The molecule has 0 saturated carbocycles. The third-order valence-corrected chi connectivity index (χ3v) is 5.50. The molecular formula is C24H21N7O2. The molecule has 1 atom stereocenters. The van der Waals surface area contributed by atoms with Crippen LogP contribution in [0.3, 0.4) is 0 Å². The van der Waals surface area contributed by atoms with Gasteiger partial charge in [0.05, 0.1) is 17.9 Å². The molecule has 1 aliphatic heterocycles. The van der Waals surface area contributed by atoms with Crippen molar-refractivity contribution >= 4 is 11.7 Å². The number of nitrogens with one attached hydrogen (secondary N) is 1. The molecular weight excluding hydrogens is 418 g/mol. The summed E-state index contributed by atoms with van der Waals surface area (Å²) >= 11 is 0. The van der Waals surface area contributed by atoms with Gasteiger partial charge in [-0.1, -0.05) is 60.7 Å². The van der Waals surface area contributed by atoms with E-state index in [1.807, 2.05) is 54.6 Å². The molecule has 0 fully saturated rings. The highest BCUT2D eigenvalue weighted by Gasteiger charge is 2.29. The molecule has 1 N–H and O–H groups in total. The lowest BCUT2D eigenvalue weighted by Crippen LogP contribution is -2.37. The molecule has 9 nitrogen and oxygen atoms in total. The summed E-state index contributed by atoms with van der Waals surface area (Å²) in [7, 11) is 0. The van der Waals surface area contributed by atoms with E-state index in [1.165, 1.54) is 0 Å². The Morgan fingerprint density at radius 2 is 1.94 bits per heavy atom. The first-order valence-corrected chi connectivity index (χ1v) is 10.6. The molecule has 9 heteroatoms. The summed E-state index contributed by atoms with van der Waals surface area (Å²) in [5.74, 6) is 0.514. The summed E-state index contributed by atoms with van der Waals surface area (Å²) in [4.78, 5) is 23.4. The number of aromatic nitrogens is 6. The zero-order valence-corrected chi connectivity index (χ0v) is 17.7. The SMILES string of the molecule is O=C(OCc1ccccc1)N1CCC(c2cnccn2)=C[C@H]1c1ccc(-c2nn[nH]n2)cc1. The lowest BCUT2D eigenvalue weighted by Gasteiger charge is -2.34. The maximum atomic E-state index is 13.1. The Labute approximate surface area is 190 Å². The Kier molecular flexibility index (Phi) is 5.83. The van der Waals surface area contributed by atoms with E-state index < -0.39 is 0 Å². The van der Waals surface area contributed by atoms with Gasteiger partial charge in [0.15, 0.2) is 0 Å². The van der Waals surface area contributed by atoms with Crippen LogP contribution < -0.4 is 0 Å². The minimum atomic E-state index is -0.361. The molecule has 0 aliphatic carbocycles. The predicted molar refractivity (Wildman–Crippen MR) is 120 cm³/mol. The van der Waals surface area contributed by atoms with Crippen LogP contribution in [0.4, 0.5) is 4.79 Å². The number of H-pyrrole nitrogens is 1. The standard InChI is InChI=1S/C24H21N7O2/c32-24(33-16-17-4-2-1-3-5-17)31-13-10-20(21-15-25-11-12-26-21)14-22(31)18-6-8-19(9-7-18)23-27-29-30-28-23/h1-9,11-12,14-15,22H,10,13,16H2,(H,27,28,29,30)/t22-/m0/s1. The highest BCUT2D eigenvalue weighted by atomic mass is 16.6. The summed E-state index contributed by atoms with van der Waals surface area (Å²) in [6, 6.07) is 17.1. The average Bonchev–Trinajstić information content (AvgIpc) is 3.43. The van der Waals surface area contributed by atoms with Crippen molar-refractivity contribution in [3.8, 4) is 11.4 Å². The number of amides is 1. The van der Waals surface area contributed by atoms with E-state index >= 15 is 0 Å². The van der Waals surface area contributed by atoms with Gasteiger partial charge in [-0.2, -0.15) is 5.21 Å². The van der Waals surface area contributed by atoms with Crippen molar-refractivity contribution in [2.45, 2.75) is 19.1 Å². The number of carbonyl (C=O) groups is 1. The van der Waals surface area contributed by atoms with Gasteiger partial charge in [0.25, 0.3) is 0 Å². The highest BCUT2D eigenvalue weighted by molar-refractivity contribution is 5.73. The van der Waals surface area contributed by atoms with Crippen LogP contribution in [0.25, 0.3) is 17.0 Å². The molecule has 33 heavy (non-hydrogen) atoms. The molecule has 2 aromatic heterocycles. The fourth-order valence-electron chi connectivity index (χ4n) is 3.82. The molecule has 0 spiro atoms. The predicted octanol–water partition coefficient (Wildman–Crippen LogP) is 3.82. The largest absolute Gasteiger partial charge is 0.445 e. The van der Waals surface area contributed by atoms with Crippen molar-refractivity contribution < 1.29 is 9.53 Å². The van der Waals surface area contributed by atoms with Crippen LogP contribution in [-0.2, 0) is 11.3 Å². The van der Waals surface area contributed by atoms with Crippen LogP contribution in [-0.4, -0.2) is 48.1 Å².